The minimum absolute atomic E-state index is 0.693. The molecular formula is C18H27N. The van der Waals surface area contributed by atoms with Crippen LogP contribution in [0.2, 0.25) is 0 Å². The van der Waals surface area contributed by atoms with Gasteiger partial charge in [0.15, 0.2) is 0 Å². The van der Waals surface area contributed by atoms with Gasteiger partial charge in [-0.2, -0.15) is 0 Å². The topological polar surface area (TPSA) is 12.0 Å². The molecule has 2 atom stereocenters. The zero-order chi connectivity index (χ0) is 13.7. The SMILES string of the molecule is C=C(C)c1ccc(CCC2CCCNC(C)C2)cc1. The van der Waals surface area contributed by atoms with E-state index >= 15 is 0 Å². The van der Waals surface area contributed by atoms with E-state index in [4.69, 9.17) is 0 Å². The molecule has 0 saturated carbocycles. The molecule has 1 aromatic carbocycles. The summed E-state index contributed by atoms with van der Waals surface area (Å²) in [4.78, 5) is 0. The van der Waals surface area contributed by atoms with Crippen molar-refractivity contribution in [3.8, 4) is 0 Å². The van der Waals surface area contributed by atoms with Crippen LogP contribution in [0.3, 0.4) is 0 Å². The van der Waals surface area contributed by atoms with Crippen LogP contribution in [-0.4, -0.2) is 12.6 Å². The monoisotopic (exact) mass is 257 g/mol. The lowest BCUT2D eigenvalue weighted by Gasteiger charge is -2.17. The number of benzene rings is 1. The number of rotatable bonds is 4. The number of nitrogens with one attached hydrogen (secondary N) is 1. The molecule has 1 saturated heterocycles. The molecule has 0 aliphatic carbocycles. The number of hydrogen-bond acceptors (Lipinski definition) is 1. The second kappa shape index (κ2) is 6.91. The van der Waals surface area contributed by atoms with Crippen LogP contribution in [0.15, 0.2) is 30.8 Å². The third-order valence-electron chi connectivity index (χ3n) is 4.26. The van der Waals surface area contributed by atoms with E-state index in [-0.39, 0.29) is 0 Å². The Bertz CT molecular complexity index is 404. The van der Waals surface area contributed by atoms with Gasteiger partial charge >= 0.3 is 0 Å². The van der Waals surface area contributed by atoms with Crippen molar-refractivity contribution in [2.75, 3.05) is 6.54 Å². The van der Waals surface area contributed by atoms with Gasteiger partial charge in [0.25, 0.3) is 0 Å². The maximum Gasteiger partial charge on any atom is 0.00413 e. The van der Waals surface area contributed by atoms with Crippen molar-refractivity contribution in [3.63, 3.8) is 0 Å². The molecule has 19 heavy (non-hydrogen) atoms. The molecule has 0 aromatic heterocycles. The van der Waals surface area contributed by atoms with E-state index in [1.54, 1.807) is 0 Å². The summed E-state index contributed by atoms with van der Waals surface area (Å²) < 4.78 is 0. The average molecular weight is 257 g/mol. The summed E-state index contributed by atoms with van der Waals surface area (Å²) in [5.41, 5.74) is 3.88. The summed E-state index contributed by atoms with van der Waals surface area (Å²) in [6.45, 7) is 9.57. The van der Waals surface area contributed by atoms with E-state index in [0.29, 0.717) is 6.04 Å². The van der Waals surface area contributed by atoms with E-state index in [0.717, 1.165) is 11.5 Å². The molecule has 1 aliphatic rings. The van der Waals surface area contributed by atoms with Gasteiger partial charge in [-0.15, -0.1) is 0 Å². The molecule has 1 nitrogen and oxygen atoms in total. The lowest BCUT2D eigenvalue weighted by Crippen LogP contribution is -2.25. The predicted octanol–water partition coefficient (Wildman–Crippen LogP) is 4.43. The van der Waals surface area contributed by atoms with Crippen molar-refractivity contribution in [2.45, 2.75) is 52.0 Å². The molecular weight excluding hydrogens is 230 g/mol. The van der Waals surface area contributed by atoms with E-state index < -0.39 is 0 Å². The zero-order valence-corrected chi connectivity index (χ0v) is 12.4. The maximum atomic E-state index is 3.99. The minimum atomic E-state index is 0.693. The van der Waals surface area contributed by atoms with Gasteiger partial charge in [0.2, 0.25) is 0 Å². The van der Waals surface area contributed by atoms with E-state index in [1.165, 1.54) is 49.8 Å². The summed E-state index contributed by atoms with van der Waals surface area (Å²) >= 11 is 0. The maximum absolute atomic E-state index is 3.99. The van der Waals surface area contributed by atoms with Crippen LogP contribution >= 0.6 is 0 Å². The fourth-order valence-electron chi connectivity index (χ4n) is 3.03. The van der Waals surface area contributed by atoms with Crippen molar-refractivity contribution < 1.29 is 0 Å². The molecule has 0 spiro atoms. The quantitative estimate of drug-likeness (QED) is 0.841. The highest BCUT2D eigenvalue weighted by molar-refractivity contribution is 5.61. The molecule has 2 unspecified atom stereocenters. The van der Waals surface area contributed by atoms with Gasteiger partial charge in [0.05, 0.1) is 0 Å². The van der Waals surface area contributed by atoms with Crippen LogP contribution in [0.5, 0.6) is 0 Å². The van der Waals surface area contributed by atoms with Crippen molar-refractivity contribution >= 4 is 5.57 Å². The Kier molecular flexibility index (Phi) is 5.21. The summed E-state index contributed by atoms with van der Waals surface area (Å²) in [5, 5.41) is 3.58. The van der Waals surface area contributed by atoms with Crippen LogP contribution in [-0.2, 0) is 6.42 Å². The summed E-state index contributed by atoms with van der Waals surface area (Å²) in [6, 6.07) is 9.63. The second-order valence-electron chi connectivity index (χ2n) is 6.12. The predicted molar refractivity (Wildman–Crippen MR) is 84.3 cm³/mol. The molecule has 2 rings (SSSR count). The highest BCUT2D eigenvalue weighted by Crippen LogP contribution is 2.23. The Labute approximate surface area is 118 Å². The van der Waals surface area contributed by atoms with Gasteiger partial charge in [-0.25, -0.2) is 0 Å². The molecule has 1 heterocycles. The smallest absolute Gasteiger partial charge is 0.00413 e. The van der Waals surface area contributed by atoms with Crippen LogP contribution in [0, 0.1) is 5.92 Å². The first-order valence-electron chi connectivity index (χ1n) is 7.63. The molecule has 1 heteroatoms. The van der Waals surface area contributed by atoms with Crippen LogP contribution in [0.4, 0.5) is 0 Å². The number of aryl methyl sites for hydroxylation is 1. The van der Waals surface area contributed by atoms with Crippen LogP contribution in [0.1, 0.15) is 50.7 Å². The highest BCUT2D eigenvalue weighted by Gasteiger charge is 2.16. The van der Waals surface area contributed by atoms with Gasteiger partial charge in [-0.05, 0) is 69.5 Å². The summed E-state index contributed by atoms with van der Waals surface area (Å²) in [5.74, 6) is 0.894. The van der Waals surface area contributed by atoms with E-state index in [2.05, 4.69) is 50.0 Å². The first-order valence-corrected chi connectivity index (χ1v) is 7.63. The molecule has 1 N–H and O–H groups in total. The minimum Gasteiger partial charge on any atom is -0.314 e. The van der Waals surface area contributed by atoms with Gasteiger partial charge < -0.3 is 5.32 Å². The van der Waals surface area contributed by atoms with Crippen molar-refractivity contribution in [1.29, 1.82) is 0 Å². The molecule has 0 amide bonds. The molecule has 1 fully saturated rings. The van der Waals surface area contributed by atoms with Crippen LogP contribution in [0.25, 0.3) is 5.57 Å². The Morgan fingerprint density at radius 2 is 2.05 bits per heavy atom. The third-order valence-corrected chi connectivity index (χ3v) is 4.26. The lowest BCUT2D eigenvalue weighted by atomic mass is 9.91. The number of hydrogen-bond donors (Lipinski definition) is 1. The summed E-state index contributed by atoms with van der Waals surface area (Å²) in [7, 11) is 0. The van der Waals surface area contributed by atoms with Crippen LogP contribution < -0.4 is 5.32 Å². The molecule has 1 aromatic rings. The molecule has 0 bridgehead atoms. The lowest BCUT2D eigenvalue weighted by molar-refractivity contribution is 0.403. The molecule has 1 aliphatic heterocycles. The summed E-state index contributed by atoms with van der Waals surface area (Å²) in [6.07, 6.45) is 6.61. The first kappa shape index (κ1) is 14.3. The second-order valence-corrected chi connectivity index (χ2v) is 6.12. The van der Waals surface area contributed by atoms with Gasteiger partial charge in [-0.1, -0.05) is 36.4 Å². The highest BCUT2D eigenvalue weighted by atomic mass is 14.9. The van der Waals surface area contributed by atoms with E-state index in [1.807, 2.05) is 0 Å². The van der Waals surface area contributed by atoms with Gasteiger partial charge in [0, 0.05) is 6.04 Å². The van der Waals surface area contributed by atoms with Crippen molar-refractivity contribution in [3.05, 3.63) is 42.0 Å². The standard InChI is InChI=1S/C18H27N/c1-14(2)18-10-8-16(9-11-18)6-7-17-5-4-12-19-15(3)13-17/h8-11,15,17,19H,1,4-7,12-13H2,2-3H3. The zero-order valence-electron chi connectivity index (χ0n) is 12.4. The Balaban J connectivity index is 1.85. The van der Waals surface area contributed by atoms with Gasteiger partial charge in [0.1, 0.15) is 0 Å². The third kappa shape index (κ3) is 4.50. The Morgan fingerprint density at radius 1 is 1.32 bits per heavy atom. The van der Waals surface area contributed by atoms with Gasteiger partial charge in [-0.3, -0.25) is 0 Å². The largest absolute Gasteiger partial charge is 0.314 e. The normalized spacial score (nSPS) is 23.9. The fraction of sp³-hybridized carbons (Fsp3) is 0.556. The van der Waals surface area contributed by atoms with Crippen molar-refractivity contribution in [2.24, 2.45) is 5.92 Å². The first-order chi connectivity index (χ1) is 9.15. The van der Waals surface area contributed by atoms with Crippen molar-refractivity contribution in [1.82, 2.24) is 5.32 Å². The Hall–Kier alpha value is -1.08. The average Bonchev–Trinajstić information content (AvgIpc) is 2.61. The molecule has 104 valence electrons. The fourth-order valence-corrected chi connectivity index (χ4v) is 3.03. The Morgan fingerprint density at radius 3 is 2.74 bits per heavy atom. The number of allylic oxidation sites excluding steroid dienone is 1. The molecule has 0 radical (unpaired) electrons. The van der Waals surface area contributed by atoms with E-state index in [9.17, 15) is 0 Å².